The Bertz CT molecular complexity index is 446. The largest absolute Gasteiger partial charge is 0.465 e. The predicted molar refractivity (Wildman–Crippen MR) is 78.9 cm³/mol. The van der Waals surface area contributed by atoms with E-state index in [0.29, 0.717) is 6.42 Å². The fraction of sp³-hybridized carbons (Fsp3) is 0.812. The zero-order chi connectivity index (χ0) is 17.0. The van der Waals surface area contributed by atoms with Crippen molar-refractivity contribution in [2.24, 2.45) is 10.8 Å². The molecule has 0 N–H and O–H groups in total. The summed E-state index contributed by atoms with van der Waals surface area (Å²) in [7, 11) is 0. The average molecular weight is 314 g/mol. The summed E-state index contributed by atoms with van der Waals surface area (Å²) in [5.41, 5.74) is -1.05. The van der Waals surface area contributed by atoms with Gasteiger partial charge in [-0.2, -0.15) is 0 Å². The fourth-order valence-corrected chi connectivity index (χ4v) is 3.08. The van der Waals surface area contributed by atoms with Gasteiger partial charge in [0.25, 0.3) is 0 Å². The Morgan fingerprint density at radius 3 is 2.00 bits per heavy atom. The molecule has 1 rings (SSSR count). The molecule has 22 heavy (non-hydrogen) atoms. The Labute approximate surface area is 131 Å². The Morgan fingerprint density at radius 2 is 1.50 bits per heavy atom. The smallest absolute Gasteiger partial charge is 0.302 e. The third-order valence-electron chi connectivity index (χ3n) is 4.76. The van der Waals surface area contributed by atoms with Gasteiger partial charge in [-0.1, -0.05) is 13.8 Å². The van der Waals surface area contributed by atoms with Gasteiger partial charge in [-0.15, -0.1) is 0 Å². The summed E-state index contributed by atoms with van der Waals surface area (Å²) in [6, 6.07) is 0. The Balaban J connectivity index is 3.05. The summed E-state index contributed by atoms with van der Waals surface area (Å²) in [5.74, 6) is -1.11. The molecule has 6 nitrogen and oxygen atoms in total. The molecule has 126 valence electrons. The van der Waals surface area contributed by atoms with Crippen molar-refractivity contribution in [2.45, 2.75) is 60.0 Å². The van der Waals surface area contributed by atoms with Crippen molar-refractivity contribution in [3.8, 4) is 0 Å². The first-order valence-corrected chi connectivity index (χ1v) is 7.55. The molecule has 0 radical (unpaired) electrons. The summed E-state index contributed by atoms with van der Waals surface area (Å²) >= 11 is 0. The number of esters is 3. The van der Waals surface area contributed by atoms with E-state index >= 15 is 0 Å². The quantitative estimate of drug-likeness (QED) is 0.572. The molecule has 0 amide bonds. The molecule has 0 aliphatic heterocycles. The van der Waals surface area contributed by atoms with Crippen molar-refractivity contribution in [3.05, 3.63) is 0 Å². The lowest BCUT2D eigenvalue weighted by Gasteiger charge is -2.52. The summed E-state index contributed by atoms with van der Waals surface area (Å²) in [5, 5.41) is 0. The molecule has 3 unspecified atom stereocenters. The number of ether oxygens (including phenoxy) is 3. The van der Waals surface area contributed by atoms with E-state index < -0.39 is 10.8 Å². The van der Waals surface area contributed by atoms with Crippen LogP contribution < -0.4 is 0 Å². The standard InChI is InChI=1S/C16H26O6/c1-11(17)20-9-15(4)8-6-7-14(22-13(3)19)16(15,5)10-21-12(2)18/h14H,6-10H2,1-5H3. The second-order valence-corrected chi connectivity index (χ2v) is 6.53. The monoisotopic (exact) mass is 314 g/mol. The maximum Gasteiger partial charge on any atom is 0.302 e. The van der Waals surface area contributed by atoms with Crippen LogP contribution in [0.25, 0.3) is 0 Å². The first kappa shape index (κ1) is 18.5. The summed E-state index contributed by atoms with van der Waals surface area (Å²) in [6.07, 6.45) is 1.98. The molecule has 6 heteroatoms. The molecule has 0 bridgehead atoms. The molecular weight excluding hydrogens is 288 g/mol. The topological polar surface area (TPSA) is 78.9 Å². The molecule has 0 heterocycles. The maximum atomic E-state index is 11.4. The molecule has 1 saturated carbocycles. The summed E-state index contributed by atoms with van der Waals surface area (Å²) < 4.78 is 15.9. The third-order valence-corrected chi connectivity index (χ3v) is 4.76. The SMILES string of the molecule is CC(=O)OCC1(C)CCCC(OC(C)=O)C1(C)COC(C)=O. The van der Waals surface area contributed by atoms with Crippen molar-refractivity contribution in [2.75, 3.05) is 13.2 Å². The first-order valence-electron chi connectivity index (χ1n) is 7.55. The third kappa shape index (κ3) is 4.21. The van der Waals surface area contributed by atoms with Crippen LogP contribution in [0.1, 0.15) is 53.9 Å². The van der Waals surface area contributed by atoms with Gasteiger partial charge in [0.05, 0.1) is 6.61 Å². The van der Waals surface area contributed by atoms with Gasteiger partial charge in [0.15, 0.2) is 0 Å². The van der Waals surface area contributed by atoms with E-state index in [1.54, 1.807) is 0 Å². The first-order chi connectivity index (χ1) is 10.1. The molecule has 3 atom stereocenters. The van der Waals surface area contributed by atoms with E-state index in [1.165, 1.54) is 20.8 Å². The van der Waals surface area contributed by atoms with Crippen LogP contribution in [0.3, 0.4) is 0 Å². The lowest BCUT2D eigenvalue weighted by atomic mass is 9.57. The molecule has 0 aromatic heterocycles. The Hall–Kier alpha value is -1.59. The van der Waals surface area contributed by atoms with Crippen LogP contribution in [0, 0.1) is 10.8 Å². The molecule has 0 spiro atoms. The zero-order valence-electron chi connectivity index (χ0n) is 14.1. The van der Waals surface area contributed by atoms with Gasteiger partial charge >= 0.3 is 17.9 Å². The minimum absolute atomic E-state index is 0.123. The van der Waals surface area contributed by atoms with Gasteiger partial charge in [0, 0.05) is 31.6 Å². The van der Waals surface area contributed by atoms with Crippen molar-refractivity contribution in [1.29, 1.82) is 0 Å². The van der Waals surface area contributed by atoms with Crippen molar-refractivity contribution < 1.29 is 28.6 Å². The van der Waals surface area contributed by atoms with Crippen LogP contribution in [0.2, 0.25) is 0 Å². The highest BCUT2D eigenvalue weighted by Crippen LogP contribution is 2.52. The Morgan fingerprint density at radius 1 is 0.955 bits per heavy atom. The van der Waals surface area contributed by atoms with Crippen LogP contribution in [0.5, 0.6) is 0 Å². The maximum absolute atomic E-state index is 11.4. The van der Waals surface area contributed by atoms with Crippen molar-refractivity contribution >= 4 is 17.9 Å². The zero-order valence-corrected chi connectivity index (χ0v) is 14.1. The Kier molecular flexibility index (Phi) is 5.97. The molecule has 1 aliphatic carbocycles. The van der Waals surface area contributed by atoms with Crippen molar-refractivity contribution in [3.63, 3.8) is 0 Å². The predicted octanol–water partition coefficient (Wildman–Crippen LogP) is 2.24. The molecule has 0 aromatic carbocycles. The minimum atomic E-state index is -0.613. The molecule has 0 aromatic rings. The average Bonchev–Trinajstić information content (AvgIpc) is 2.39. The highest BCUT2D eigenvalue weighted by Gasteiger charge is 2.55. The molecule has 1 fully saturated rings. The summed E-state index contributed by atoms with van der Waals surface area (Å²) in [4.78, 5) is 33.8. The second kappa shape index (κ2) is 7.11. The van der Waals surface area contributed by atoms with E-state index in [0.717, 1.165) is 12.8 Å². The number of hydrogen-bond acceptors (Lipinski definition) is 6. The minimum Gasteiger partial charge on any atom is -0.465 e. The van der Waals surface area contributed by atoms with Crippen LogP contribution in [0.15, 0.2) is 0 Å². The number of rotatable bonds is 5. The van der Waals surface area contributed by atoms with Crippen LogP contribution >= 0.6 is 0 Å². The van der Waals surface area contributed by atoms with E-state index in [2.05, 4.69) is 0 Å². The van der Waals surface area contributed by atoms with Gasteiger partial charge in [0.2, 0.25) is 0 Å². The van der Waals surface area contributed by atoms with Gasteiger partial charge in [-0.05, 0) is 19.3 Å². The van der Waals surface area contributed by atoms with Gasteiger partial charge in [-0.25, -0.2) is 0 Å². The van der Waals surface area contributed by atoms with E-state index in [4.69, 9.17) is 14.2 Å². The van der Waals surface area contributed by atoms with Crippen LogP contribution in [-0.4, -0.2) is 37.2 Å². The van der Waals surface area contributed by atoms with E-state index in [-0.39, 0.29) is 37.2 Å². The number of hydrogen-bond donors (Lipinski definition) is 0. The fourth-order valence-electron chi connectivity index (χ4n) is 3.08. The highest BCUT2D eigenvalue weighted by molar-refractivity contribution is 5.67. The molecule has 1 aliphatic rings. The van der Waals surface area contributed by atoms with Gasteiger partial charge in [-0.3, -0.25) is 14.4 Å². The van der Waals surface area contributed by atoms with Crippen molar-refractivity contribution in [1.82, 2.24) is 0 Å². The van der Waals surface area contributed by atoms with Gasteiger partial charge < -0.3 is 14.2 Å². The van der Waals surface area contributed by atoms with E-state index in [9.17, 15) is 14.4 Å². The molecular formula is C16H26O6. The highest BCUT2D eigenvalue weighted by atomic mass is 16.6. The van der Waals surface area contributed by atoms with Gasteiger partial charge in [0.1, 0.15) is 12.7 Å². The molecule has 0 saturated heterocycles. The lowest BCUT2D eigenvalue weighted by molar-refractivity contribution is -0.192. The van der Waals surface area contributed by atoms with Crippen LogP contribution in [0.4, 0.5) is 0 Å². The number of carbonyl (C=O) groups is 3. The lowest BCUT2D eigenvalue weighted by Crippen LogP contribution is -2.56. The normalized spacial score (nSPS) is 31.2. The van der Waals surface area contributed by atoms with E-state index in [1.807, 2.05) is 13.8 Å². The number of carbonyl (C=O) groups excluding carboxylic acids is 3. The second-order valence-electron chi connectivity index (χ2n) is 6.53. The van der Waals surface area contributed by atoms with Crippen LogP contribution in [-0.2, 0) is 28.6 Å². The summed E-state index contributed by atoms with van der Waals surface area (Å²) in [6.45, 7) is 8.30.